The van der Waals surface area contributed by atoms with E-state index in [-0.39, 0.29) is 85.3 Å². The van der Waals surface area contributed by atoms with Gasteiger partial charge in [-0.2, -0.15) is 0 Å². The van der Waals surface area contributed by atoms with Crippen molar-refractivity contribution in [3.63, 3.8) is 0 Å². The van der Waals surface area contributed by atoms with E-state index in [0.29, 0.717) is 17.2 Å². The molecular formula is C34H63KN2O7S2. The summed E-state index contributed by atoms with van der Waals surface area (Å²) in [6.07, 6.45) is 8.73. The van der Waals surface area contributed by atoms with E-state index in [9.17, 15) is 24.6 Å². The topological polar surface area (TPSA) is 119 Å². The van der Waals surface area contributed by atoms with Gasteiger partial charge in [-0.15, -0.1) is 12.2 Å². The first-order valence-corrected chi connectivity index (χ1v) is 17.6. The average molecular weight is 715 g/mol. The van der Waals surface area contributed by atoms with E-state index in [2.05, 4.69) is 26.1 Å². The van der Waals surface area contributed by atoms with Gasteiger partial charge in [0.1, 0.15) is 11.2 Å². The molecule has 9 nitrogen and oxygen atoms in total. The second-order valence-corrected chi connectivity index (χ2v) is 17.5. The van der Waals surface area contributed by atoms with Gasteiger partial charge in [-0.3, -0.25) is 4.79 Å². The number of carbonyl (C=O) groups is 3. The fourth-order valence-corrected chi connectivity index (χ4v) is 6.11. The molecule has 1 atom stereocenters. The standard InChI is InChI=1S/C17H29NO3S.C15H31NO3.C2H4OS.K/c1-13(19)22-14-5-7-17(8-6-14)9-11-18(12-10-17)15(20)21-16(2,3)4;1-12(17)8-9-15(5,6)10-11-16(7)13(18)19-14(2,3)4;1-2(3)4;/h14H,5-12H2,1-4H3;12,17H,8-11H2,1-7H3;1H3,(H,3,4);/q;;;+1/p-1. The van der Waals surface area contributed by atoms with Crippen LogP contribution in [-0.4, -0.2) is 86.5 Å². The maximum Gasteiger partial charge on any atom is 1.00 e. The molecule has 1 heterocycles. The molecule has 1 aliphatic carbocycles. The summed E-state index contributed by atoms with van der Waals surface area (Å²) in [5.74, 6) is 0. The van der Waals surface area contributed by atoms with Crippen molar-refractivity contribution in [3.05, 3.63) is 0 Å². The van der Waals surface area contributed by atoms with E-state index in [1.54, 1.807) is 18.9 Å². The Kier molecular flexibility index (Phi) is 23.0. The molecule has 12 heteroatoms. The quantitative estimate of drug-likeness (QED) is 0.303. The van der Waals surface area contributed by atoms with E-state index < -0.39 is 11.2 Å². The van der Waals surface area contributed by atoms with Crippen LogP contribution in [0.3, 0.4) is 0 Å². The van der Waals surface area contributed by atoms with E-state index in [0.717, 1.165) is 58.0 Å². The van der Waals surface area contributed by atoms with Crippen LogP contribution < -0.4 is 56.5 Å². The molecule has 0 aromatic carbocycles. The van der Waals surface area contributed by atoms with Gasteiger partial charge in [0.15, 0.2) is 5.12 Å². The van der Waals surface area contributed by atoms with Gasteiger partial charge in [0, 0.05) is 38.9 Å². The Labute approximate surface area is 332 Å². The van der Waals surface area contributed by atoms with Gasteiger partial charge in [-0.1, -0.05) is 30.7 Å². The van der Waals surface area contributed by atoms with Gasteiger partial charge in [0.2, 0.25) is 0 Å². The van der Waals surface area contributed by atoms with Gasteiger partial charge in [-0.05, 0) is 124 Å². The third-order valence-electron chi connectivity index (χ3n) is 7.87. The van der Waals surface area contributed by atoms with Gasteiger partial charge in [0.05, 0.1) is 6.10 Å². The average Bonchev–Trinajstić information content (AvgIpc) is 2.86. The minimum absolute atomic E-state index is 0. The predicted molar refractivity (Wildman–Crippen MR) is 186 cm³/mol. The number of hydrogen-bond acceptors (Lipinski definition) is 9. The molecule has 2 fully saturated rings. The largest absolute Gasteiger partial charge is 1.00 e. The Bertz CT molecular complexity index is 927. The number of hydrogen-bond donors (Lipinski definition) is 1. The Morgan fingerprint density at radius 3 is 1.80 bits per heavy atom. The molecule has 1 N–H and O–H groups in total. The van der Waals surface area contributed by atoms with Crippen LogP contribution in [0.4, 0.5) is 9.59 Å². The Balaban J connectivity index is 0. The molecule has 2 rings (SSSR count). The molecule has 0 aromatic heterocycles. The monoisotopic (exact) mass is 714 g/mol. The predicted octanol–water partition coefficient (Wildman–Crippen LogP) is 4.35. The zero-order valence-corrected chi connectivity index (χ0v) is 36.0. The number of thiocarbonyl (C=S) groups is 1. The van der Waals surface area contributed by atoms with Crippen molar-refractivity contribution in [2.45, 2.75) is 157 Å². The maximum absolute atomic E-state index is 12.1. The number of aliphatic hydroxyl groups is 1. The number of aliphatic hydroxyl groups excluding tert-OH is 1. The summed E-state index contributed by atoms with van der Waals surface area (Å²) in [4.78, 5) is 38.6. The van der Waals surface area contributed by atoms with Crippen molar-refractivity contribution in [2.24, 2.45) is 10.8 Å². The fraction of sp³-hybridized carbons (Fsp3) is 0.882. The van der Waals surface area contributed by atoms with Crippen molar-refractivity contribution >= 4 is 46.3 Å². The molecular weight excluding hydrogens is 652 g/mol. The molecule has 46 heavy (non-hydrogen) atoms. The van der Waals surface area contributed by atoms with Crippen LogP contribution in [0.5, 0.6) is 0 Å². The second kappa shape index (κ2) is 22.0. The summed E-state index contributed by atoms with van der Waals surface area (Å²) in [5, 5.41) is 19.1. The Morgan fingerprint density at radius 2 is 1.41 bits per heavy atom. The maximum atomic E-state index is 12.1. The fourth-order valence-electron chi connectivity index (χ4n) is 5.17. The third kappa shape index (κ3) is 24.2. The van der Waals surface area contributed by atoms with Gasteiger partial charge >= 0.3 is 63.6 Å². The van der Waals surface area contributed by atoms with E-state index in [1.807, 2.05) is 53.4 Å². The van der Waals surface area contributed by atoms with Crippen molar-refractivity contribution in [2.75, 3.05) is 26.7 Å². The Morgan fingerprint density at radius 1 is 0.957 bits per heavy atom. The molecule has 2 amide bonds. The molecule has 264 valence electrons. The number of likely N-dealkylation sites (tertiary alicyclic amines) is 1. The summed E-state index contributed by atoms with van der Waals surface area (Å²) < 4.78 is 10.8. The molecule has 1 saturated carbocycles. The normalized spacial score (nSPS) is 17.2. The molecule has 0 radical (unpaired) electrons. The van der Waals surface area contributed by atoms with Crippen LogP contribution >= 0.6 is 24.0 Å². The molecule has 2 aliphatic rings. The molecule has 1 saturated heterocycles. The van der Waals surface area contributed by atoms with Crippen LogP contribution in [0.15, 0.2) is 0 Å². The Hall–Kier alpha value is 0.0464. The summed E-state index contributed by atoms with van der Waals surface area (Å²) in [6.45, 7) is 22.7. The number of nitrogens with zero attached hydrogens (tertiary/aromatic N) is 2. The second-order valence-electron chi connectivity index (χ2n) is 15.5. The van der Waals surface area contributed by atoms with E-state index in [4.69, 9.17) is 9.47 Å². The SMILES string of the molecule is CC(=O)SC1CCC2(CC1)CCN(C(=O)OC(C)(C)C)CC2.CC(O)CCC(C)(C)CCN(C)C(=O)OC(C)(C)C.CC([O-])=S.[K+]. The number of ether oxygens (including phenoxy) is 2. The molecule has 1 unspecified atom stereocenters. The number of thioether (sulfide) groups is 1. The van der Waals surface area contributed by atoms with Crippen LogP contribution in [0.2, 0.25) is 0 Å². The minimum Gasteiger partial charge on any atom is -0.868 e. The molecule has 1 aliphatic heterocycles. The van der Waals surface area contributed by atoms with Crippen LogP contribution in [0.1, 0.15) is 134 Å². The van der Waals surface area contributed by atoms with Crippen molar-refractivity contribution in [3.8, 4) is 0 Å². The smallest absolute Gasteiger partial charge is 0.868 e. The van der Waals surface area contributed by atoms with E-state index >= 15 is 0 Å². The van der Waals surface area contributed by atoms with Crippen molar-refractivity contribution in [1.29, 1.82) is 0 Å². The summed E-state index contributed by atoms with van der Waals surface area (Å²) in [5.41, 5.74) is -0.360. The van der Waals surface area contributed by atoms with Crippen LogP contribution in [0.25, 0.3) is 0 Å². The summed E-state index contributed by atoms with van der Waals surface area (Å²) in [7, 11) is 1.76. The molecule has 1 spiro atoms. The number of piperidine rings is 1. The number of rotatable bonds is 7. The van der Waals surface area contributed by atoms with Crippen molar-refractivity contribution < 1.29 is 85.5 Å². The minimum atomic E-state index is -0.451. The van der Waals surface area contributed by atoms with Gasteiger partial charge < -0.3 is 29.5 Å². The third-order valence-corrected chi connectivity index (χ3v) is 9.01. The molecule has 0 aromatic rings. The number of amides is 2. The molecule has 0 bridgehead atoms. The van der Waals surface area contributed by atoms with Crippen LogP contribution in [0, 0.1) is 10.8 Å². The first-order valence-electron chi connectivity index (χ1n) is 16.3. The van der Waals surface area contributed by atoms with Gasteiger partial charge in [-0.25, -0.2) is 9.59 Å². The van der Waals surface area contributed by atoms with E-state index in [1.165, 1.54) is 31.5 Å². The first kappa shape index (κ1) is 48.2. The summed E-state index contributed by atoms with van der Waals surface area (Å²) >= 11 is 5.49. The van der Waals surface area contributed by atoms with Crippen molar-refractivity contribution in [1.82, 2.24) is 9.80 Å². The van der Waals surface area contributed by atoms with Crippen LogP contribution in [-0.2, 0) is 14.3 Å². The zero-order valence-electron chi connectivity index (χ0n) is 31.2. The first-order chi connectivity index (χ1) is 20.4. The number of carbonyl (C=O) groups excluding carboxylic acids is 3. The zero-order chi connectivity index (χ0) is 35.2. The summed E-state index contributed by atoms with van der Waals surface area (Å²) in [6, 6.07) is 0. The van der Waals surface area contributed by atoms with Gasteiger partial charge in [0.25, 0.3) is 0 Å².